The first-order chi connectivity index (χ1) is 18.5. The van der Waals surface area contributed by atoms with Crippen LogP contribution < -0.4 is 14.4 Å². The van der Waals surface area contributed by atoms with Crippen molar-refractivity contribution in [2.24, 2.45) is 0 Å². The van der Waals surface area contributed by atoms with Gasteiger partial charge in [0.25, 0.3) is 0 Å². The Hall–Kier alpha value is -2.78. The first-order valence-electron chi connectivity index (χ1n) is 13.5. The smallest absolute Gasteiger partial charge is 0.243 e. The molecule has 39 heavy (non-hydrogen) atoms. The summed E-state index contributed by atoms with van der Waals surface area (Å²) >= 11 is 6.23. The van der Waals surface area contributed by atoms with Gasteiger partial charge in [-0.25, -0.2) is 8.42 Å². The minimum Gasteiger partial charge on any atom is -0.495 e. The Kier molecular flexibility index (Phi) is 11.1. The van der Waals surface area contributed by atoms with Crippen molar-refractivity contribution < 1.29 is 22.7 Å². The van der Waals surface area contributed by atoms with Gasteiger partial charge in [0.2, 0.25) is 21.8 Å². The molecule has 0 saturated heterocycles. The van der Waals surface area contributed by atoms with Crippen LogP contribution in [0, 0.1) is 6.92 Å². The lowest BCUT2D eigenvalue weighted by Crippen LogP contribution is -2.51. The summed E-state index contributed by atoms with van der Waals surface area (Å²) in [5.74, 6) is 0.123. The van der Waals surface area contributed by atoms with Crippen molar-refractivity contribution in [3.05, 3.63) is 58.6 Å². The number of halogens is 1. The van der Waals surface area contributed by atoms with Crippen molar-refractivity contribution in [2.75, 3.05) is 24.2 Å². The highest BCUT2D eigenvalue weighted by molar-refractivity contribution is 7.92. The Bertz CT molecular complexity index is 1230. The second-order valence-corrected chi connectivity index (χ2v) is 12.5. The molecule has 1 saturated carbocycles. The molecule has 8 nitrogen and oxygen atoms in total. The Labute approximate surface area is 237 Å². The summed E-state index contributed by atoms with van der Waals surface area (Å²) in [6, 6.07) is 12.2. The highest BCUT2D eigenvalue weighted by Gasteiger charge is 2.30. The van der Waals surface area contributed by atoms with Gasteiger partial charge in [0.05, 0.1) is 24.1 Å². The first-order valence-corrected chi connectivity index (χ1v) is 15.7. The molecular formula is C29H40ClN3O5S. The van der Waals surface area contributed by atoms with Gasteiger partial charge in [0.15, 0.2) is 0 Å². The van der Waals surface area contributed by atoms with Crippen molar-refractivity contribution >= 4 is 39.1 Å². The maximum atomic E-state index is 13.6. The minimum atomic E-state index is -3.63. The fourth-order valence-corrected chi connectivity index (χ4v) is 6.20. The molecule has 0 aliphatic heterocycles. The summed E-state index contributed by atoms with van der Waals surface area (Å²) in [5.41, 5.74) is 2.45. The van der Waals surface area contributed by atoms with E-state index in [1.165, 1.54) is 17.5 Å². The van der Waals surface area contributed by atoms with Gasteiger partial charge in [0, 0.05) is 25.6 Å². The number of benzene rings is 2. The summed E-state index contributed by atoms with van der Waals surface area (Å²) in [6.07, 6.45) is 6.10. The lowest BCUT2D eigenvalue weighted by Gasteiger charge is -2.32. The second kappa shape index (κ2) is 14.0. The quantitative estimate of drug-likeness (QED) is 0.358. The van der Waals surface area contributed by atoms with Gasteiger partial charge >= 0.3 is 0 Å². The van der Waals surface area contributed by atoms with Gasteiger partial charge in [-0.05, 0) is 56.4 Å². The minimum absolute atomic E-state index is 0.0922. The average molecular weight is 578 g/mol. The molecule has 0 aromatic heterocycles. The molecule has 1 N–H and O–H groups in total. The molecule has 2 aromatic carbocycles. The third-order valence-corrected chi connectivity index (χ3v) is 8.63. The van der Waals surface area contributed by atoms with Crippen LogP contribution >= 0.6 is 11.6 Å². The van der Waals surface area contributed by atoms with Crippen molar-refractivity contribution in [1.82, 2.24) is 10.2 Å². The maximum Gasteiger partial charge on any atom is 0.243 e. The van der Waals surface area contributed by atoms with Crippen molar-refractivity contribution in [2.45, 2.75) is 77.4 Å². The van der Waals surface area contributed by atoms with Crippen LogP contribution in [-0.2, 0) is 26.2 Å². The zero-order valence-electron chi connectivity index (χ0n) is 23.3. The van der Waals surface area contributed by atoms with Gasteiger partial charge in [-0.3, -0.25) is 13.9 Å². The van der Waals surface area contributed by atoms with E-state index >= 15 is 0 Å². The summed E-state index contributed by atoms with van der Waals surface area (Å²) in [5, 5.41) is 3.44. The number of anilines is 1. The molecule has 1 aliphatic rings. The van der Waals surface area contributed by atoms with E-state index in [2.05, 4.69) is 5.32 Å². The van der Waals surface area contributed by atoms with Crippen molar-refractivity contribution in [3.8, 4) is 5.75 Å². The highest BCUT2D eigenvalue weighted by atomic mass is 35.5. The zero-order chi connectivity index (χ0) is 28.6. The lowest BCUT2D eigenvalue weighted by atomic mass is 10.1. The van der Waals surface area contributed by atoms with Crippen molar-refractivity contribution in [3.63, 3.8) is 0 Å². The molecule has 10 heteroatoms. The summed E-state index contributed by atoms with van der Waals surface area (Å²) in [6.45, 7) is 4.31. The molecule has 2 aromatic rings. The number of aryl methyl sites for hydroxylation is 1. The van der Waals surface area contributed by atoms with E-state index in [1.54, 1.807) is 17.0 Å². The fraction of sp³-hybridized carbons (Fsp3) is 0.517. The van der Waals surface area contributed by atoms with Crippen LogP contribution in [0.15, 0.2) is 42.5 Å². The number of carbonyl (C=O) groups is 2. The number of amides is 2. The Balaban J connectivity index is 1.76. The number of hydrogen-bond acceptors (Lipinski definition) is 5. The molecule has 1 atom stereocenters. The number of methoxy groups -OCH3 is 1. The summed E-state index contributed by atoms with van der Waals surface area (Å²) in [4.78, 5) is 28.5. The molecule has 3 rings (SSSR count). The molecule has 1 fully saturated rings. The predicted octanol–water partition coefficient (Wildman–Crippen LogP) is 5.07. The number of carbonyl (C=O) groups excluding carboxylic acids is 2. The Morgan fingerprint density at radius 1 is 1.13 bits per heavy atom. The van der Waals surface area contributed by atoms with Gasteiger partial charge in [0.1, 0.15) is 11.8 Å². The standard InChI is InChI=1S/C29H40ClN3O5S/c1-5-26(29(35)31-23-9-6-7-10-23)32(20-22-14-12-21(2)13-15-22)28(34)11-8-18-33(39(4,36)37)24-16-17-27(38-3)25(30)19-24/h12-17,19,23,26H,5-11,18,20H2,1-4H3,(H,31,35)/t26-/m0/s1. The van der Waals surface area contributed by atoms with Crippen LogP contribution in [0.5, 0.6) is 5.75 Å². The van der Waals surface area contributed by atoms with Crippen LogP contribution in [0.3, 0.4) is 0 Å². The summed E-state index contributed by atoms with van der Waals surface area (Å²) in [7, 11) is -2.14. The van der Waals surface area contributed by atoms with E-state index < -0.39 is 16.1 Å². The average Bonchev–Trinajstić information content (AvgIpc) is 3.39. The SMILES string of the molecule is CC[C@@H](C(=O)NC1CCCC1)N(Cc1ccc(C)cc1)C(=O)CCCN(c1ccc(OC)c(Cl)c1)S(C)(=O)=O. The number of nitrogens with one attached hydrogen (secondary N) is 1. The molecule has 1 aliphatic carbocycles. The van der Waals surface area contributed by atoms with Gasteiger partial charge < -0.3 is 15.0 Å². The Morgan fingerprint density at radius 3 is 2.36 bits per heavy atom. The molecule has 0 bridgehead atoms. The first kappa shape index (κ1) is 30.8. The summed E-state index contributed by atoms with van der Waals surface area (Å²) < 4.78 is 31.6. The van der Waals surface area contributed by atoms with E-state index in [1.807, 2.05) is 38.1 Å². The third-order valence-electron chi connectivity index (χ3n) is 7.14. The fourth-order valence-electron chi connectivity index (χ4n) is 4.99. The van der Waals surface area contributed by atoms with E-state index in [0.717, 1.165) is 43.1 Å². The van der Waals surface area contributed by atoms with Gasteiger partial charge in [-0.1, -0.05) is 61.2 Å². The Morgan fingerprint density at radius 2 is 1.79 bits per heavy atom. The number of nitrogens with zero attached hydrogens (tertiary/aromatic N) is 2. The maximum absolute atomic E-state index is 13.6. The van der Waals surface area contributed by atoms with Crippen LogP contribution in [0.1, 0.15) is 63.0 Å². The monoisotopic (exact) mass is 577 g/mol. The van der Waals surface area contributed by atoms with Gasteiger partial charge in [-0.15, -0.1) is 0 Å². The van der Waals surface area contributed by atoms with Crippen LogP contribution in [-0.4, -0.2) is 57.1 Å². The molecule has 0 spiro atoms. The molecule has 214 valence electrons. The normalized spacial score (nSPS) is 14.6. The topological polar surface area (TPSA) is 96.0 Å². The third kappa shape index (κ3) is 8.60. The number of ether oxygens (including phenoxy) is 1. The van der Waals surface area contributed by atoms with Crippen LogP contribution in [0.4, 0.5) is 5.69 Å². The van der Waals surface area contributed by atoms with Crippen molar-refractivity contribution in [1.29, 1.82) is 0 Å². The largest absolute Gasteiger partial charge is 0.495 e. The number of sulfonamides is 1. The highest BCUT2D eigenvalue weighted by Crippen LogP contribution is 2.30. The second-order valence-electron chi connectivity index (χ2n) is 10.2. The zero-order valence-corrected chi connectivity index (χ0v) is 24.9. The molecule has 2 amide bonds. The molecule has 0 radical (unpaired) electrons. The molecular weight excluding hydrogens is 538 g/mol. The van der Waals surface area contributed by atoms with E-state index in [4.69, 9.17) is 16.3 Å². The molecule has 0 heterocycles. The van der Waals surface area contributed by atoms with Crippen LogP contribution in [0.2, 0.25) is 5.02 Å². The van der Waals surface area contributed by atoms with Crippen LogP contribution in [0.25, 0.3) is 0 Å². The lowest BCUT2D eigenvalue weighted by molar-refractivity contribution is -0.141. The number of rotatable bonds is 13. The number of hydrogen-bond donors (Lipinski definition) is 1. The molecule has 0 unspecified atom stereocenters. The predicted molar refractivity (Wildman–Crippen MR) is 156 cm³/mol. The van der Waals surface area contributed by atoms with E-state index in [-0.39, 0.29) is 37.2 Å². The van der Waals surface area contributed by atoms with E-state index in [0.29, 0.717) is 29.4 Å². The van der Waals surface area contributed by atoms with E-state index in [9.17, 15) is 18.0 Å². The van der Waals surface area contributed by atoms with Gasteiger partial charge in [-0.2, -0.15) is 0 Å².